The fourth-order valence-electron chi connectivity index (χ4n) is 3.22. The van der Waals surface area contributed by atoms with E-state index in [-0.39, 0.29) is 18.5 Å². The Morgan fingerprint density at radius 2 is 1.90 bits per heavy atom. The number of carbonyl (C=O) groups is 1. The van der Waals surface area contributed by atoms with Crippen LogP contribution in [-0.2, 0) is 6.42 Å². The summed E-state index contributed by atoms with van der Waals surface area (Å²) in [6.07, 6.45) is 1.93. The van der Waals surface area contributed by atoms with Crippen molar-refractivity contribution in [1.82, 2.24) is 15.5 Å². The first-order valence-electron chi connectivity index (χ1n) is 9.38. The van der Waals surface area contributed by atoms with E-state index in [2.05, 4.69) is 15.5 Å². The van der Waals surface area contributed by atoms with E-state index in [1.807, 2.05) is 36.4 Å². The van der Waals surface area contributed by atoms with Crippen molar-refractivity contribution in [2.45, 2.75) is 12.5 Å². The van der Waals surface area contributed by atoms with Gasteiger partial charge in [0.2, 0.25) is 18.5 Å². The number of nitrogens with zero attached hydrogens (tertiary/aromatic N) is 2. The van der Waals surface area contributed by atoms with Gasteiger partial charge in [0.25, 0.3) is 5.91 Å². The third-order valence-corrected chi connectivity index (χ3v) is 4.70. The average Bonchev–Trinajstić information content (AvgIpc) is 3.55. The number of fused-ring (bicyclic) bond motifs is 1. The Balaban J connectivity index is 1.43. The number of aromatic nitrogens is 2. The Labute approximate surface area is 171 Å². The lowest BCUT2D eigenvalue weighted by Crippen LogP contribution is -2.30. The van der Waals surface area contributed by atoms with Crippen LogP contribution in [-0.4, -0.2) is 22.8 Å². The highest BCUT2D eigenvalue weighted by molar-refractivity contribution is 5.91. The molecule has 1 atom stereocenters. The maximum absolute atomic E-state index is 12.6. The van der Waals surface area contributed by atoms with Gasteiger partial charge < -0.3 is 23.7 Å². The first-order valence-corrected chi connectivity index (χ1v) is 9.38. The molecule has 1 aliphatic rings. The molecule has 0 aliphatic carbocycles. The molecule has 2 aromatic carbocycles. The SMILES string of the molecule is O=C(NC(Cc1ccccc1)c1nc(-c2ccc3c(c2)OCO3)no1)c1ccco1. The van der Waals surface area contributed by atoms with Crippen LogP contribution in [0.15, 0.2) is 75.9 Å². The van der Waals surface area contributed by atoms with Crippen LogP contribution in [0.4, 0.5) is 0 Å². The number of carbonyl (C=O) groups excluding carboxylic acids is 1. The Morgan fingerprint density at radius 3 is 2.73 bits per heavy atom. The fourth-order valence-corrected chi connectivity index (χ4v) is 3.22. The summed E-state index contributed by atoms with van der Waals surface area (Å²) in [6, 6.07) is 17.9. The molecule has 150 valence electrons. The summed E-state index contributed by atoms with van der Waals surface area (Å²) >= 11 is 0. The molecule has 1 amide bonds. The van der Waals surface area contributed by atoms with Crippen LogP contribution in [0.25, 0.3) is 11.4 Å². The van der Waals surface area contributed by atoms with Crippen LogP contribution in [0.1, 0.15) is 28.1 Å². The molecule has 30 heavy (non-hydrogen) atoms. The minimum atomic E-state index is -0.528. The zero-order chi connectivity index (χ0) is 20.3. The van der Waals surface area contributed by atoms with Gasteiger partial charge in [0.15, 0.2) is 17.3 Å². The lowest BCUT2D eigenvalue weighted by molar-refractivity contribution is 0.0900. The highest BCUT2D eigenvalue weighted by atomic mass is 16.7. The number of hydrogen-bond donors (Lipinski definition) is 1. The van der Waals surface area contributed by atoms with Crippen LogP contribution in [0.5, 0.6) is 11.5 Å². The number of ether oxygens (including phenoxy) is 2. The van der Waals surface area contributed by atoms with E-state index in [1.165, 1.54) is 6.26 Å². The number of nitrogens with one attached hydrogen (secondary N) is 1. The summed E-state index contributed by atoms with van der Waals surface area (Å²) < 4.78 is 21.5. The highest BCUT2D eigenvalue weighted by Gasteiger charge is 2.24. The lowest BCUT2D eigenvalue weighted by atomic mass is 10.1. The van der Waals surface area contributed by atoms with Crippen molar-refractivity contribution in [1.29, 1.82) is 0 Å². The molecule has 0 saturated carbocycles. The molecule has 1 unspecified atom stereocenters. The normalized spacial score (nSPS) is 13.2. The molecule has 2 aromatic heterocycles. The van der Waals surface area contributed by atoms with E-state index in [9.17, 15) is 4.79 Å². The summed E-state index contributed by atoms with van der Waals surface area (Å²) in [5.74, 6) is 1.85. The molecule has 4 aromatic rings. The minimum Gasteiger partial charge on any atom is -0.459 e. The van der Waals surface area contributed by atoms with E-state index >= 15 is 0 Å². The van der Waals surface area contributed by atoms with Gasteiger partial charge in [-0.1, -0.05) is 35.5 Å². The molecule has 1 N–H and O–H groups in total. The number of furan rings is 1. The number of amides is 1. The molecular weight excluding hydrogens is 386 g/mol. The number of hydrogen-bond acceptors (Lipinski definition) is 7. The zero-order valence-electron chi connectivity index (χ0n) is 15.8. The first-order chi connectivity index (χ1) is 14.8. The summed E-state index contributed by atoms with van der Waals surface area (Å²) in [6.45, 7) is 0.189. The predicted octanol–water partition coefficient (Wildman–Crippen LogP) is 3.77. The molecule has 0 saturated heterocycles. The Hall–Kier alpha value is -4.07. The summed E-state index contributed by atoms with van der Waals surface area (Å²) in [5, 5.41) is 7.00. The summed E-state index contributed by atoms with van der Waals surface area (Å²) in [7, 11) is 0. The molecule has 5 rings (SSSR count). The summed E-state index contributed by atoms with van der Waals surface area (Å²) in [4.78, 5) is 17.1. The van der Waals surface area contributed by atoms with Crippen molar-refractivity contribution in [3.63, 3.8) is 0 Å². The van der Waals surface area contributed by atoms with Crippen molar-refractivity contribution in [2.24, 2.45) is 0 Å². The van der Waals surface area contributed by atoms with Crippen molar-refractivity contribution >= 4 is 5.91 Å². The second-order valence-electron chi connectivity index (χ2n) is 6.72. The monoisotopic (exact) mass is 403 g/mol. The largest absolute Gasteiger partial charge is 0.459 e. The van der Waals surface area contributed by atoms with Gasteiger partial charge in [-0.2, -0.15) is 4.98 Å². The molecule has 0 fully saturated rings. The van der Waals surface area contributed by atoms with Gasteiger partial charge in [0.05, 0.1) is 6.26 Å². The van der Waals surface area contributed by atoms with Crippen molar-refractivity contribution in [3.05, 3.63) is 84.1 Å². The quantitative estimate of drug-likeness (QED) is 0.523. The lowest BCUT2D eigenvalue weighted by Gasteiger charge is -2.14. The number of rotatable bonds is 6. The highest BCUT2D eigenvalue weighted by Crippen LogP contribution is 2.35. The maximum atomic E-state index is 12.6. The van der Waals surface area contributed by atoms with Crippen LogP contribution in [0.3, 0.4) is 0 Å². The fraction of sp³-hybridized carbons (Fsp3) is 0.136. The standard InChI is InChI=1S/C22H17N3O5/c26-21(18-7-4-10-27-18)23-16(11-14-5-2-1-3-6-14)22-24-20(25-30-22)15-8-9-17-19(12-15)29-13-28-17/h1-10,12,16H,11,13H2,(H,23,26). The average molecular weight is 403 g/mol. The first kappa shape index (κ1) is 18.0. The minimum absolute atomic E-state index is 0.189. The number of benzene rings is 2. The van der Waals surface area contributed by atoms with Crippen LogP contribution < -0.4 is 14.8 Å². The Morgan fingerprint density at radius 1 is 1.03 bits per heavy atom. The maximum Gasteiger partial charge on any atom is 0.287 e. The summed E-state index contributed by atoms with van der Waals surface area (Å²) in [5.41, 5.74) is 1.75. The smallest absolute Gasteiger partial charge is 0.287 e. The van der Waals surface area contributed by atoms with Crippen molar-refractivity contribution < 1.29 is 23.2 Å². The second-order valence-corrected chi connectivity index (χ2v) is 6.72. The third kappa shape index (κ3) is 3.62. The zero-order valence-corrected chi connectivity index (χ0v) is 15.8. The molecule has 0 spiro atoms. The van der Waals surface area contributed by atoms with Crippen LogP contribution in [0.2, 0.25) is 0 Å². The van der Waals surface area contributed by atoms with Gasteiger partial charge in [-0.05, 0) is 35.9 Å². The van der Waals surface area contributed by atoms with Crippen molar-refractivity contribution in [2.75, 3.05) is 6.79 Å². The van der Waals surface area contributed by atoms with E-state index in [0.29, 0.717) is 29.6 Å². The van der Waals surface area contributed by atoms with Crippen LogP contribution >= 0.6 is 0 Å². The topological polar surface area (TPSA) is 99.6 Å². The van der Waals surface area contributed by atoms with E-state index in [1.54, 1.807) is 24.3 Å². The third-order valence-electron chi connectivity index (χ3n) is 4.70. The van der Waals surface area contributed by atoms with Crippen LogP contribution in [0, 0.1) is 0 Å². The van der Waals surface area contributed by atoms with E-state index in [0.717, 1.165) is 11.1 Å². The van der Waals surface area contributed by atoms with Gasteiger partial charge in [-0.15, -0.1) is 0 Å². The molecule has 8 nitrogen and oxygen atoms in total. The second kappa shape index (κ2) is 7.75. The van der Waals surface area contributed by atoms with Gasteiger partial charge >= 0.3 is 0 Å². The van der Waals surface area contributed by atoms with Gasteiger partial charge in [0, 0.05) is 12.0 Å². The molecule has 3 heterocycles. The Kier molecular flexibility index (Phi) is 4.65. The molecular formula is C22H17N3O5. The predicted molar refractivity (Wildman–Crippen MR) is 105 cm³/mol. The molecule has 0 bridgehead atoms. The molecule has 0 radical (unpaired) electrons. The van der Waals surface area contributed by atoms with Gasteiger partial charge in [-0.3, -0.25) is 4.79 Å². The van der Waals surface area contributed by atoms with E-state index < -0.39 is 6.04 Å². The van der Waals surface area contributed by atoms with Gasteiger partial charge in [-0.25, -0.2) is 0 Å². The molecule has 8 heteroatoms. The molecule has 1 aliphatic heterocycles. The van der Waals surface area contributed by atoms with Crippen molar-refractivity contribution in [3.8, 4) is 22.9 Å². The Bertz CT molecular complexity index is 1150. The van der Waals surface area contributed by atoms with Gasteiger partial charge in [0.1, 0.15) is 6.04 Å². The van der Waals surface area contributed by atoms with E-state index in [4.69, 9.17) is 18.4 Å².